The lowest BCUT2D eigenvalue weighted by molar-refractivity contribution is 0.101. The molecule has 0 saturated heterocycles. The second-order valence-corrected chi connectivity index (χ2v) is 15.4. The standard InChI is InChI=1S/C23H48O13S5/c24-19-23(20-36-41(31,32)33,21-37-17-13-9-5-1-3-7-11-15-34-39(25,26)27)22-38-18-14-10-6-2-4-8-12-16-35-40(28,29)30/h24H,1-22H2,(H,25,26,27)(H,28,29,30)(H,31,32,33). The maximum Gasteiger partial charge on any atom is 0.397 e. The quantitative estimate of drug-likeness (QED) is 0.0609. The molecule has 0 aliphatic heterocycles. The average Bonchev–Trinajstić information content (AvgIpc) is 2.86. The second kappa shape index (κ2) is 23.6. The number of hydrogen-bond donors (Lipinski definition) is 4. The molecule has 0 saturated carbocycles. The Morgan fingerprint density at radius 2 is 0.805 bits per heavy atom. The van der Waals surface area contributed by atoms with E-state index in [2.05, 4.69) is 12.5 Å². The fraction of sp³-hybridized carbons (Fsp3) is 1.00. The molecule has 0 aromatic rings. The third-order valence-electron chi connectivity index (χ3n) is 6.00. The summed E-state index contributed by atoms with van der Waals surface area (Å²) >= 11 is 3.23. The van der Waals surface area contributed by atoms with E-state index in [4.69, 9.17) is 13.7 Å². The summed E-state index contributed by atoms with van der Waals surface area (Å²) in [7, 11) is -13.4. The van der Waals surface area contributed by atoms with Crippen LogP contribution in [-0.4, -0.2) is 93.5 Å². The van der Waals surface area contributed by atoms with Crippen molar-refractivity contribution < 1.29 is 56.6 Å². The Bertz CT molecular complexity index is 900. The van der Waals surface area contributed by atoms with E-state index in [0.717, 1.165) is 88.6 Å². The molecule has 18 heteroatoms. The summed E-state index contributed by atoms with van der Waals surface area (Å²) in [5, 5.41) is 10.1. The first-order valence-electron chi connectivity index (χ1n) is 13.8. The molecular weight excluding hydrogens is 645 g/mol. The van der Waals surface area contributed by atoms with Gasteiger partial charge in [0.05, 0.1) is 26.4 Å². The Morgan fingerprint density at radius 1 is 0.488 bits per heavy atom. The monoisotopic (exact) mass is 692 g/mol. The Balaban J connectivity index is 4.10. The number of hydrogen-bond acceptors (Lipinski definition) is 12. The molecule has 0 heterocycles. The van der Waals surface area contributed by atoms with Crippen LogP contribution in [0.1, 0.15) is 89.9 Å². The predicted octanol–water partition coefficient (Wildman–Crippen LogP) is 4.35. The molecule has 0 rings (SSSR count). The number of thioether (sulfide) groups is 2. The third-order valence-corrected chi connectivity index (χ3v) is 10.1. The summed E-state index contributed by atoms with van der Waals surface area (Å²) in [6.07, 6.45) is 12.6. The lowest BCUT2D eigenvalue weighted by Crippen LogP contribution is -2.37. The van der Waals surface area contributed by atoms with Crippen molar-refractivity contribution in [2.24, 2.45) is 5.41 Å². The van der Waals surface area contributed by atoms with Crippen molar-refractivity contribution in [2.45, 2.75) is 89.9 Å². The van der Waals surface area contributed by atoms with Gasteiger partial charge in [-0.05, 0) is 37.2 Å². The highest BCUT2D eigenvalue weighted by molar-refractivity contribution is 8.00. The van der Waals surface area contributed by atoms with Gasteiger partial charge < -0.3 is 5.11 Å². The molecule has 41 heavy (non-hydrogen) atoms. The van der Waals surface area contributed by atoms with E-state index in [9.17, 15) is 30.4 Å². The molecule has 248 valence electrons. The van der Waals surface area contributed by atoms with Gasteiger partial charge in [0.25, 0.3) is 0 Å². The van der Waals surface area contributed by atoms with Gasteiger partial charge in [0.2, 0.25) is 0 Å². The molecule has 0 aliphatic carbocycles. The van der Waals surface area contributed by atoms with Crippen molar-refractivity contribution in [2.75, 3.05) is 49.4 Å². The van der Waals surface area contributed by atoms with E-state index < -0.39 is 36.6 Å². The Kier molecular flexibility index (Phi) is 23.8. The fourth-order valence-electron chi connectivity index (χ4n) is 3.75. The minimum atomic E-state index is -4.62. The number of aliphatic hydroxyl groups excluding tert-OH is 1. The van der Waals surface area contributed by atoms with Crippen LogP contribution < -0.4 is 0 Å². The van der Waals surface area contributed by atoms with Crippen molar-refractivity contribution in [3.05, 3.63) is 0 Å². The van der Waals surface area contributed by atoms with Crippen LogP contribution in [0, 0.1) is 5.41 Å². The Labute approximate surface area is 255 Å². The molecule has 0 unspecified atom stereocenters. The topological polar surface area (TPSA) is 211 Å². The molecule has 0 aliphatic rings. The van der Waals surface area contributed by atoms with E-state index in [0.29, 0.717) is 24.3 Å². The first kappa shape index (κ1) is 41.3. The van der Waals surface area contributed by atoms with E-state index in [1.54, 1.807) is 23.5 Å². The molecule has 0 spiro atoms. The van der Waals surface area contributed by atoms with Crippen LogP contribution in [0.25, 0.3) is 0 Å². The molecule has 0 radical (unpaired) electrons. The van der Waals surface area contributed by atoms with Gasteiger partial charge in [-0.1, -0.05) is 64.2 Å². The Hall–Kier alpha value is 0.270. The first-order chi connectivity index (χ1) is 19.2. The molecule has 0 aromatic heterocycles. The highest BCUT2D eigenvalue weighted by atomic mass is 32.3. The fourth-order valence-corrected chi connectivity index (χ4v) is 7.46. The van der Waals surface area contributed by atoms with E-state index in [1.807, 2.05) is 0 Å². The van der Waals surface area contributed by atoms with Crippen molar-refractivity contribution in [1.29, 1.82) is 0 Å². The van der Waals surface area contributed by atoms with Gasteiger partial charge in [-0.15, -0.1) is 0 Å². The first-order valence-corrected chi connectivity index (χ1v) is 20.2. The van der Waals surface area contributed by atoms with Gasteiger partial charge in [-0.3, -0.25) is 13.7 Å². The molecule has 0 amide bonds. The third kappa shape index (κ3) is 30.1. The summed E-state index contributed by atoms with van der Waals surface area (Å²) in [4.78, 5) is 0. The maximum absolute atomic E-state index is 11.1. The van der Waals surface area contributed by atoms with E-state index in [-0.39, 0.29) is 26.4 Å². The molecule has 0 aromatic carbocycles. The number of unbranched alkanes of at least 4 members (excludes halogenated alkanes) is 12. The molecule has 0 fully saturated rings. The smallest absolute Gasteiger partial charge is 0.396 e. The number of aliphatic hydroxyl groups is 1. The summed E-state index contributed by atoms with van der Waals surface area (Å²) in [5.74, 6) is 2.65. The highest BCUT2D eigenvalue weighted by Crippen LogP contribution is 2.30. The summed E-state index contributed by atoms with van der Waals surface area (Å²) < 4.78 is 103. The van der Waals surface area contributed by atoms with Crippen molar-refractivity contribution in [3.8, 4) is 0 Å². The van der Waals surface area contributed by atoms with Gasteiger partial charge in [-0.2, -0.15) is 48.8 Å². The van der Waals surface area contributed by atoms with Crippen LogP contribution in [0.2, 0.25) is 0 Å². The summed E-state index contributed by atoms with van der Waals surface area (Å²) in [6, 6.07) is 0. The second-order valence-electron chi connectivity index (χ2n) is 9.90. The van der Waals surface area contributed by atoms with Crippen molar-refractivity contribution >= 4 is 54.7 Å². The lowest BCUT2D eigenvalue weighted by atomic mass is 9.96. The number of rotatable bonds is 30. The predicted molar refractivity (Wildman–Crippen MR) is 161 cm³/mol. The van der Waals surface area contributed by atoms with Gasteiger partial charge in [0.1, 0.15) is 0 Å². The van der Waals surface area contributed by atoms with Crippen LogP contribution in [0.3, 0.4) is 0 Å². The van der Waals surface area contributed by atoms with Crippen LogP contribution >= 0.6 is 23.5 Å². The molecule has 4 N–H and O–H groups in total. The SMILES string of the molecule is O=S(=O)(O)OCCCCCCCCCSCC(CO)(COS(=O)(=O)O)CSCCCCCCCCCOS(=O)(=O)O. The van der Waals surface area contributed by atoms with Crippen LogP contribution in [-0.2, 0) is 43.7 Å². The largest absolute Gasteiger partial charge is 0.397 e. The zero-order valence-electron chi connectivity index (χ0n) is 23.6. The zero-order valence-corrected chi connectivity index (χ0v) is 27.6. The van der Waals surface area contributed by atoms with Gasteiger partial charge >= 0.3 is 31.2 Å². The molecule has 0 bridgehead atoms. The summed E-state index contributed by atoms with van der Waals surface area (Å²) in [6.45, 7) is -0.621. The van der Waals surface area contributed by atoms with E-state index in [1.165, 1.54) is 0 Å². The van der Waals surface area contributed by atoms with Crippen molar-refractivity contribution in [1.82, 2.24) is 0 Å². The van der Waals surface area contributed by atoms with Gasteiger partial charge in [-0.25, -0.2) is 12.5 Å². The van der Waals surface area contributed by atoms with Crippen LogP contribution in [0.5, 0.6) is 0 Å². The summed E-state index contributed by atoms with van der Waals surface area (Å²) in [5.41, 5.74) is -0.806. The van der Waals surface area contributed by atoms with Crippen LogP contribution in [0.15, 0.2) is 0 Å². The van der Waals surface area contributed by atoms with Gasteiger partial charge in [0.15, 0.2) is 0 Å². The average molecular weight is 693 g/mol. The van der Waals surface area contributed by atoms with Gasteiger partial charge in [0, 0.05) is 16.9 Å². The molecule has 0 atom stereocenters. The van der Waals surface area contributed by atoms with E-state index >= 15 is 0 Å². The highest BCUT2D eigenvalue weighted by Gasteiger charge is 2.32. The molecular formula is C23H48O13S5. The maximum atomic E-state index is 11.1. The minimum absolute atomic E-state index is 0.0238. The minimum Gasteiger partial charge on any atom is -0.396 e. The van der Waals surface area contributed by atoms with Crippen LogP contribution in [0.4, 0.5) is 0 Å². The normalized spacial score (nSPS) is 13.2. The zero-order chi connectivity index (χ0) is 31.1. The van der Waals surface area contributed by atoms with Crippen molar-refractivity contribution in [3.63, 3.8) is 0 Å². The Morgan fingerprint density at radius 3 is 1.12 bits per heavy atom. The molecule has 13 nitrogen and oxygen atoms in total. The lowest BCUT2D eigenvalue weighted by Gasteiger charge is -2.30.